The number of unbranched alkanes of at least 4 members (excludes halogenated alkanes) is 1. The van der Waals surface area contributed by atoms with E-state index < -0.39 is 0 Å². The van der Waals surface area contributed by atoms with Crippen molar-refractivity contribution in [3.05, 3.63) is 0 Å². The molecular formula is C12H24N2O2. The Morgan fingerprint density at radius 2 is 2.00 bits per heavy atom. The fourth-order valence-corrected chi connectivity index (χ4v) is 1.75. The Hall–Kier alpha value is -0.770. The molecule has 1 rings (SSSR count). The first-order valence-corrected chi connectivity index (χ1v) is 6.30. The van der Waals surface area contributed by atoms with Crippen molar-refractivity contribution in [1.82, 2.24) is 10.2 Å². The van der Waals surface area contributed by atoms with Gasteiger partial charge in [-0.15, -0.1) is 0 Å². The van der Waals surface area contributed by atoms with Crippen molar-refractivity contribution < 1.29 is 9.53 Å². The number of morpholine rings is 1. The highest BCUT2D eigenvalue weighted by atomic mass is 16.5. The second-order valence-electron chi connectivity index (χ2n) is 4.72. The van der Waals surface area contributed by atoms with Gasteiger partial charge in [-0.05, 0) is 12.3 Å². The highest BCUT2D eigenvalue weighted by molar-refractivity contribution is 5.74. The van der Waals surface area contributed by atoms with Crippen LogP contribution in [0.1, 0.15) is 33.1 Å². The minimum atomic E-state index is 0.0628. The van der Waals surface area contributed by atoms with Crippen LogP contribution in [-0.4, -0.2) is 43.8 Å². The maximum absolute atomic E-state index is 11.7. The standard InChI is InChI=1S/C12H24N2O2/c1-11(2)5-3-4-6-13-12(15)14-7-9-16-10-8-14/h11H,3-10H2,1-2H3,(H,13,15). The molecular weight excluding hydrogens is 204 g/mol. The molecule has 0 aliphatic carbocycles. The number of ether oxygens (including phenoxy) is 1. The molecule has 2 amide bonds. The summed E-state index contributed by atoms with van der Waals surface area (Å²) in [6.45, 7) is 8.03. The van der Waals surface area contributed by atoms with Crippen LogP contribution in [0.3, 0.4) is 0 Å². The Kier molecular flexibility index (Phi) is 6.23. The van der Waals surface area contributed by atoms with Crippen LogP contribution in [0.5, 0.6) is 0 Å². The lowest BCUT2D eigenvalue weighted by Gasteiger charge is -2.26. The van der Waals surface area contributed by atoms with Gasteiger partial charge in [0.1, 0.15) is 0 Å². The van der Waals surface area contributed by atoms with Gasteiger partial charge in [-0.3, -0.25) is 0 Å². The molecule has 0 saturated carbocycles. The lowest BCUT2D eigenvalue weighted by Crippen LogP contribution is -2.46. The largest absolute Gasteiger partial charge is 0.378 e. The van der Waals surface area contributed by atoms with E-state index in [1.165, 1.54) is 12.8 Å². The quantitative estimate of drug-likeness (QED) is 0.730. The van der Waals surface area contributed by atoms with Gasteiger partial charge in [-0.25, -0.2) is 4.79 Å². The first-order valence-electron chi connectivity index (χ1n) is 6.30. The normalized spacial score (nSPS) is 16.6. The molecule has 0 spiro atoms. The van der Waals surface area contributed by atoms with Crippen molar-refractivity contribution >= 4 is 6.03 Å². The zero-order valence-electron chi connectivity index (χ0n) is 10.5. The molecule has 0 aromatic heterocycles. The van der Waals surface area contributed by atoms with E-state index in [9.17, 15) is 4.79 Å². The summed E-state index contributed by atoms with van der Waals surface area (Å²) < 4.78 is 5.20. The number of amides is 2. The number of rotatable bonds is 5. The minimum absolute atomic E-state index is 0.0628. The first-order chi connectivity index (χ1) is 7.70. The molecule has 1 N–H and O–H groups in total. The average molecular weight is 228 g/mol. The van der Waals surface area contributed by atoms with Crippen molar-refractivity contribution in [2.75, 3.05) is 32.8 Å². The summed E-state index contributed by atoms with van der Waals surface area (Å²) in [5.41, 5.74) is 0. The predicted molar refractivity (Wildman–Crippen MR) is 64.5 cm³/mol. The number of carbonyl (C=O) groups is 1. The Bertz CT molecular complexity index is 201. The monoisotopic (exact) mass is 228 g/mol. The molecule has 1 aliphatic rings. The molecule has 0 aromatic rings. The maximum Gasteiger partial charge on any atom is 0.317 e. The van der Waals surface area contributed by atoms with Crippen molar-refractivity contribution in [2.24, 2.45) is 5.92 Å². The van der Waals surface area contributed by atoms with Crippen LogP contribution in [0.15, 0.2) is 0 Å². The molecule has 1 heterocycles. The molecule has 0 bridgehead atoms. The summed E-state index contributed by atoms with van der Waals surface area (Å²) in [5, 5.41) is 2.96. The van der Waals surface area contributed by atoms with E-state index in [-0.39, 0.29) is 6.03 Å². The third-order valence-electron chi connectivity index (χ3n) is 2.78. The van der Waals surface area contributed by atoms with Gasteiger partial charge in [0.2, 0.25) is 0 Å². The van der Waals surface area contributed by atoms with Gasteiger partial charge < -0.3 is 15.0 Å². The summed E-state index contributed by atoms with van der Waals surface area (Å²) in [6, 6.07) is 0.0628. The van der Waals surface area contributed by atoms with Crippen LogP contribution in [-0.2, 0) is 4.74 Å². The SMILES string of the molecule is CC(C)CCCCNC(=O)N1CCOCC1. The van der Waals surface area contributed by atoms with Gasteiger partial charge >= 0.3 is 6.03 Å². The summed E-state index contributed by atoms with van der Waals surface area (Å²) in [5.74, 6) is 0.759. The van der Waals surface area contributed by atoms with Crippen LogP contribution in [0, 0.1) is 5.92 Å². The van der Waals surface area contributed by atoms with Crippen LogP contribution >= 0.6 is 0 Å². The fraction of sp³-hybridized carbons (Fsp3) is 0.917. The van der Waals surface area contributed by atoms with E-state index >= 15 is 0 Å². The highest BCUT2D eigenvalue weighted by Crippen LogP contribution is 2.05. The van der Waals surface area contributed by atoms with Crippen LogP contribution in [0.25, 0.3) is 0 Å². The van der Waals surface area contributed by atoms with E-state index in [1.807, 2.05) is 4.90 Å². The molecule has 0 unspecified atom stereocenters. The van der Waals surface area contributed by atoms with Crippen LogP contribution < -0.4 is 5.32 Å². The zero-order chi connectivity index (χ0) is 11.8. The minimum Gasteiger partial charge on any atom is -0.378 e. The van der Waals surface area contributed by atoms with Gasteiger partial charge in [0, 0.05) is 19.6 Å². The fourth-order valence-electron chi connectivity index (χ4n) is 1.75. The molecule has 0 radical (unpaired) electrons. The number of hydrogen-bond donors (Lipinski definition) is 1. The predicted octanol–water partition coefficient (Wildman–Crippen LogP) is 1.85. The van der Waals surface area contributed by atoms with E-state index in [2.05, 4.69) is 19.2 Å². The number of urea groups is 1. The van der Waals surface area contributed by atoms with Gasteiger partial charge in [0.25, 0.3) is 0 Å². The Balaban J connectivity index is 2.01. The smallest absolute Gasteiger partial charge is 0.317 e. The molecule has 1 aliphatic heterocycles. The summed E-state index contributed by atoms with van der Waals surface area (Å²) >= 11 is 0. The number of nitrogens with one attached hydrogen (secondary N) is 1. The lowest BCUT2D eigenvalue weighted by molar-refractivity contribution is 0.0532. The van der Waals surface area contributed by atoms with Gasteiger partial charge in [0.15, 0.2) is 0 Å². The van der Waals surface area contributed by atoms with Crippen molar-refractivity contribution in [3.8, 4) is 0 Å². The molecule has 94 valence electrons. The Labute approximate surface area is 98.3 Å². The molecule has 1 fully saturated rings. The second-order valence-corrected chi connectivity index (χ2v) is 4.72. The Morgan fingerprint density at radius 3 is 2.62 bits per heavy atom. The molecule has 4 heteroatoms. The molecule has 16 heavy (non-hydrogen) atoms. The molecule has 1 saturated heterocycles. The maximum atomic E-state index is 11.7. The lowest BCUT2D eigenvalue weighted by atomic mass is 10.1. The first kappa shape index (κ1) is 13.3. The summed E-state index contributed by atoms with van der Waals surface area (Å²) in [4.78, 5) is 13.5. The third kappa shape index (κ3) is 5.35. The van der Waals surface area contributed by atoms with Gasteiger partial charge in [-0.2, -0.15) is 0 Å². The van der Waals surface area contributed by atoms with E-state index in [1.54, 1.807) is 0 Å². The van der Waals surface area contributed by atoms with E-state index in [0.29, 0.717) is 13.2 Å². The summed E-state index contributed by atoms with van der Waals surface area (Å²) in [6.07, 6.45) is 3.52. The topological polar surface area (TPSA) is 41.6 Å². The van der Waals surface area contributed by atoms with Crippen molar-refractivity contribution in [1.29, 1.82) is 0 Å². The van der Waals surface area contributed by atoms with Crippen LogP contribution in [0.2, 0.25) is 0 Å². The Morgan fingerprint density at radius 1 is 1.31 bits per heavy atom. The summed E-state index contributed by atoms with van der Waals surface area (Å²) in [7, 11) is 0. The zero-order valence-corrected chi connectivity index (χ0v) is 10.5. The second kappa shape index (κ2) is 7.49. The van der Waals surface area contributed by atoms with E-state index in [4.69, 9.17) is 4.74 Å². The average Bonchev–Trinajstić information content (AvgIpc) is 2.29. The van der Waals surface area contributed by atoms with Crippen LogP contribution in [0.4, 0.5) is 4.79 Å². The molecule has 0 aromatic carbocycles. The van der Waals surface area contributed by atoms with Crippen molar-refractivity contribution in [3.63, 3.8) is 0 Å². The van der Waals surface area contributed by atoms with Crippen molar-refractivity contribution in [2.45, 2.75) is 33.1 Å². The number of nitrogens with zero attached hydrogens (tertiary/aromatic N) is 1. The third-order valence-corrected chi connectivity index (χ3v) is 2.78. The highest BCUT2D eigenvalue weighted by Gasteiger charge is 2.15. The number of carbonyl (C=O) groups excluding carboxylic acids is 1. The molecule has 4 nitrogen and oxygen atoms in total. The molecule has 0 atom stereocenters. The van der Waals surface area contributed by atoms with Gasteiger partial charge in [0.05, 0.1) is 13.2 Å². The van der Waals surface area contributed by atoms with Gasteiger partial charge in [-0.1, -0.05) is 26.7 Å². The van der Waals surface area contributed by atoms with E-state index in [0.717, 1.165) is 32.0 Å². The number of hydrogen-bond acceptors (Lipinski definition) is 2.